The summed E-state index contributed by atoms with van der Waals surface area (Å²) < 4.78 is 55.8. The summed E-state index contributed by atoms with van der Waals surface area (Å²) in [4.78, 5) is 22.8. The molecule has 0 saturated carbocycles. The van der Waals surface area contributed by atoms with Crippen molar-refractivity contribution in [1.29, 1.82) is 0 Å². The van der Waals surface area contributed by atoms with Gasteiger partial charge in [-0.15, -0.1) is 10.2 Å². The lowest BCUT2D eigenvalue weighted by atomic mass is 10.1. The molecule has 0 unspecified atom stereocenters. The van der Waals surface area contributed by atoms with E-state index in [1.165, 1.54) is 35.3 Å². The van der Waals surface area contributed by atoms with Gasteiger partial charge in [0.15, 0.2) is 23.1 Å². The van der Waals surface area contributed by atoms with E-state index in [1.807, 2.05) is 5.32 Å². The first-order valence-electron chi connectivity index (χ1n) is 12.8. The molecule has 204 valence electrons. The zero-order valence-electron chi connectivity index (χ0n) is 23.2. The van der Waals surface area contributed by atoms with Gasteiger partial charge in [-0.1, -0.05) is 13.5 Å². The molecule has 1 aromatic carbocycles. The zero-order valence-corrected chi connectivity index (χ0v) is 20.2. The number of carbonyl (C=O) groups is 1. The lowest BCUT2D eigenvalue weighted by Crippen LogP contribution is -2.56. The molecule has 0 radical (unpaired) electrons. The van der Waals surface area contributed by atoms with Crippen LogP contribution < -0.4 is 25.6 Å². The lowest BCUT2D eigenvalue weighted by Gasteiger charge is -2.40. The maximum atomic E-state index is 13.2. The van der Waals surface area contributed by atoms with Crippen LogP contribution in [-0.4, -0.2) is 69.0 Å². The summed E-state index contributed by atoms with van der Waals surface area (Å²) in [5.41, 5.74) is 1.33. The second-order valence-electron chi connectivity index (χ2n) is 8.44. The van der Waals surface area contributed by atoms with E-state index in [4.69, 9.17) is 8.85 Å². The molecule has 0 aliphatic carbocycles. The fraction of sp³-hybridized carbons (Fsp3) is 0.280. The van der Waals surface area contributed by atoms with Gasteiger partial charge >= 0.3 is 0 Å². The van der Waals surface area contributed by atoms with Gasteiger partial charge in [-0.25, -0.2) is 18.7 Å². The number of hydrogen-bond acceptors (Lipinski definition) is 10. The molecule has 0 spiro atoms. The van der Waals surface area contributed by atoms with Crippen LogP contribution in [0.15, 0.2) is 48.9 Å². The number of nitrogens with one attached hydrogen (secondary N) is 3. The number of ether oxygens (including phenoxy) is 1. The second-order valence-corrected chi connectivity index (χ2v) is 8.44. The third kappa shape index (κ3) is 5.68. The van der Waals surface area contributed by atoms with Crippen molar-refractivity contribution in [2.24, 2.45) is 7.05 Å². The smallest absolute Gasteiger partial charge is 0.282 e. The number of amides is 1. The Labute approximate surface area is 227 Å². The van der Waals surface area contributed by atoms with Crippen LogP contribution in [0.2, 0.25) is 0 Å². The minimum Gasteiger partial charge on any atom is -0.494 e. The van der Waals surface area contributed by atoms with Crippen LogP contribution in [0.3, 0.4) is 0 Å². The van der Waals surface area contributed by atoms with Crippen molar-refractivity contribution >= 4 is 34.6 Å². The molecule has 12 nitrogen and oxygen atoms in total. The summed E-state index contributed by atoms with van der Waals surface area (Å²) in [6.45, 7) is -3.51. The van der Waals surface area contributed by atoms with Crippen molar-refractivity contribution in [2.45, 2.75) is 13.3 Å². The fourth-order valence-electron chi connectivity index (χ4n) is 3.89. The topological polar surface area (TPSA) is 135 Å². The van der Waals surface area contributed by atoms with Crippen LogP contribution in [0, 0.1) is 0 Å². The van der Waals surface area contributed by atoms with Gasteiger partial charge in [-0.3, -0.25) is 9.48 Å². The van der Waals surface area contributed by atoms with Gasteiger partial charge in [0.05, 0.1) is 49.0 Å². The lowest BCUT2D eigenvalue weighted by molar-refractivity contribution is -0.0262. The molecule has 4 aromatic rings. The Bertz CT molecular complexity index is 1570. The van der Waals surface area contributed by atoms with E-state index in [0.717, 1.165) is 0 Å². The van der Waals surface area contributed by atoms with Gasteiger partial charge in [0, 0.05) is 24.2 Å². The molecule has 1 aliphatic heterocycles. The number of benzene rings is 1. The summed E-state index contributed by atoms with van der Waals surface area (Å²) in [5.74, 6) is -2.43. The average Bonchev–Trinajstić information content (AvgIpc) is 3.33. The molecule has 1 amide bonds. The van der Waals surface area contributed by atoms with E-state index in [1.54, 1.807) is 37.4 Å². The van der Waals surface area contributed by atoms with Crippen LogP contribution in [0.1, 0.15) is 22.0 Å². The number of methoxy groups -OCH3 is 1. The molecule has 39 heavy (non-hydrogen) atoms. The molecule has 3 aromatic heterocycles. The Balaban J connectivity index is 0.00000405. The number of nitrogens with zero attached hydrogens (tertiary/aromatic N) is 7. The quantitative estimate of drug-likeness (QED) is 0.304. The first kappa shape index (κ1) is 23.3. The van der Waals surface area contributed by atoms with Crippen molar-refractivity contribution in [1.82, 2.24) is 35.3 Å². The Morgan fingerprint density at radius 1 is 1.10 bits per heavy atom. The highest BCUT2D eigenvalue weighted by molar-refractivity contribution is 5.99. The van der Waals surface area contributed by atoms with Gasteiger partial charge in [-0.05, 0) is 24.3 Å². The van der Waals surface area contributed by atoms with E-state index >= 15 is 0 Å². The Morgan fingerprint density at radius 2 is 1.92 bits per heavy atom. The number of aryl methyl sites for hydroxylation is 1. The summed E-state index contributed by atoms with van der Waals surface area (Å²) >= 11 is 0. The summed E-state index contributed by atoms with van der Waals surface area (Å²) in [5, 5.41) is 20.2. The maximum absolute atomic E-state index is 13.2. The number of alkyl halides is 2. The number of aromatic nitrogens is 6. The first-order chi connectivity index (χ1) is 19.4. The molecular formula is C25H28F2N10O2. The van der Waals surface area contributed by atoms with Crippen LogP contribution in [-0.2, 0) is 7.05 Å². The first-order valence-corrected chi connectivity index (χ1v) is 11.3. The maximum Gasteiger partial charge on any atom is 0.282 e. The number of pyridine rings is 1. The van der Waals surface area contributed by atoms with Gasteiger partial charge in [0.1, 0.15) is 12.1 Å². The predicted molar refractivity (Wildman–Crippen MR) is 143 cm³/mol. The molecule has 14 heteroatoms. The number of halogens is 2. The van der Waals surface area contributed by atoms with E-state index < -0.39 is 18.8 Å². The summed E-state index contributed by atoms with van der Waals surface area (Å²) in [6.07, 6.45) is 2.99. The Hall–Kier alpha value is -4.88. The van der Waals surface area contributed by atoms with Crippen molar-refractivity contribution in [2.75, 3.05) is 42.7 Å². The van der Waals surface area contributed by atoms with Gasteiger partial charge < -0.3 is 25.6 Å². The van der Waals surface area contributed by atoms with Gasteiger partial charge in [0.2, 0.25) is 0 Å². The molecule has 1 aliphatic rings. The van der Waals surface area contributed by atoms with Crippen molar-refractivity contribution in [3.63, 3.8) is 0 Å². The standard InChI is InChI=1S/C24H24F2N10O2.CH4/c1-27-23(37)20-17(30-16-6-4-5-15(21(16)38-3)22-29-13-35(2)34-22)9-19(32-33-20)31-18-8-7-14(10-28-18)36-11-24(25,26)12-36;/h4-10,13H,11-12H2,1-3H3,(H,27,37)(H2,28,30,31,32);1H4/i1D3;. The number of carbonyl (C=O) groups excluding carboxylic acids is 1. The number of anilines is 5. The van der Waals surface area contributed by atoms with Gasteiger partial charge in [0.25, 0.3) is 11.8 Å². The van der Waals surface area contributed by atoms with Crippen molar-refractivity contribution in [3.8, 4) is 17.1 Å². The third-order valence-corrected chi connectivity index (χ3v) is 5.67. The highest BCUT2D eigenvalue weighted by atomic mass is 19.3. The predicted octanol–water partition coefficient (Wildman–Crippen LogP) is 3.61. The summed E-state index contributed by atoms with van der Waals surface area (Å²) in [7, 11) is 3.19. The van der Waals surface area contributed by atoms with E-state index in [-0.39, 0.29) is 37.7 Å². The average molecular weight is 542 g/mol. The minimum absolute atomic E-state index is 0. The van der Waals surface area contributed by atoms with Crippen LogP contribution in [0.5, 0.6) is 5.75 Å². The van der Waals surface area contributed by atoms with E-state index in [2.05, 4.69) is 35.9 Å². The molecular weight excluding hydrogens is 510 g/mol. The molecule has 0 bridgehead atoms. The highest BCUT2D eigenvalue weighted by Gasteiger charge is 2.44. The molecule has 1 fully saturated rings. The SMILES string of the molecule is C.[2H]C([2H])([2H])NC(=O)c1nnc(Nc2ccc(N3CC(F)(F)C3)cn2)cc1Nc1cccc(-c2ncn(C)n2)c1OC. The van der Waals surface area contributed by atoms with Crippen molar-refractivity contribution in [3.05, 3.63) is 54.6 Å². The molecule has 1 saturated heterocycles. The summed E-state index contributed by atoms with van der Waals surface area (Å²) in [6, 6.07) is 9.84. The van der Waals surface area contributed by atoms with Crippen LogP contribution in [0.25, 0.3) is 11.4 Å². The van der Waals surface area contributed by atoms with E-state index in [9.17, 15) is 13.6 Å². The molecule has 4 heterocycles. The van der Waals surface area contributed by atoms with Crippen LogP contribution in [0.4, 0.5) is 37.5 Å². The Morgan fingerprint density at radius 3 is 2.56 bits per heavy atom. The zero-order chi connectivity index (χ0) is 29.4. The minimum atomic E-state index is -2.76. The number of hydrogen-bond donors (Lipinski definition) is 3. The highest BCUT2D eigenvalue weighted by Crippen LogP contribution is 2.37. The largest absolute Gasteiger partial charge is 0.494 e. The number of rotatable bonds is 8. The molecule has 0 atom stereocenters. The normalized spacial score (nSPS) is 15.1. The fourth-order valence-corrected chi connectivity index (χ4v) is 3.89. The van der Waals surface area contributed by atoms with Crippen LogP contribution >= 0.6 is 0 Å². The van der Waals surface area contributed by atoms with E-state index in [0.29, 0.717) is 34.3 Å². The van der Waals surface area contributed by atoms with Gasteiger partial charge in [-0.2, -0.15) is 5.10 Å². The molecule has 5 rings (SSSR count). The van der Waals surface area contributed by atoms with Crippen molar-refractivity contribution < 1.29 is 22.4 Å². The second kappa shape index (κ2) is 10.8. The third-order valence-electron chi connectivity index (χ3n) is 5.67. The monoisotopic (exact) mass is 541 g/mol. The number of para-hydroxylation sites is 1. The Kier molecular flexibility index (Phi) is 6.47. The molecule has 3 N–H and O–H groups in total.